The molecule has 0 aromatic heterocycles. The van der Waals surface area contributed by atoms with Gasteiger partial charge in [-0.2, -0.15) is 0 Å². The lowest BCUT2D eigenvalue weighted by Gasteiger charge is -2.27. The van der Waals surface area contributed by atoms with Gasteiger partial charge in [0.25, 0.3) is 5.91 Å². The van der Waals surface area contributed by atoms with Crippen LogP contribution in [0.3, 0.4) is 0 Å². The highest BCUT2D eigenvalue weighted by molar-refractivity contribution is 6.11. The molecule has 202 valence electrons. The minimum absolute atomic E-state index is 0.266. The molecule has 1 N–H and O–H groups in total. The highest BCUT2D eigenvalue weighted by atomic mass is 16.5. The van der Waals surface area contributed by atoms with Gasteiger partial charge >= 0.3 is 11.9 Å². The third-order valence-corrected chi connectivity index (χ3v) is 6.14. The molecule has 1 heterocycles. The fourth-order valence-electron chi connectivity index (χ4n) is 4.26. The van der Waals surface area contributed by atoms with Gasteiger partial charge in [0.2, 0.25) is 0 Å². The molecule has 0 saturated carbocycles. The Hall–Kier alpha value is -4.79. The van der Waals surface area contributed by atoms with Crippen LogP contribution in [0.2, 0.25) is 0 Å². The van der Waals surface area contributed by atoms with Gasteiger partial charge in [0.1, 0.15) is 17.2 Å². The Morgan fingerprint density at radius 2 is 1.41 bits per heavy atom. The Balaban J connectivity index is 1.71. The van der Waals surface area contributed by atoms with Gasteiger partial charge in [0.15, 0.2) is 0 Å². The smallest absolute Gasteiger partial charge is 0.338 e. The van der Waals surface area contributed by atoms with E-state index in [1.807, 2.05) is 6.07 Å². The summed E-state index contributed by atoms with van der Waals surface area (Å²) in [5.74, 6) is 0.0545. The molecule has 1 aliphatic rings. The van der Waals surface area contributed by atoms with Crippen LogP contribution in [0.1, 0.15) is 46.2 Å². The minimum atomic E-state index is -0.544. The maximum Gasteiger partial charge on any atom is 0.338 e. The number of nitrogens with one attached hydrogen (secondary N) is 1. The normalized spacial score (nSPS) is 14.5. The van der Waals surface area contributed by atoms with Crippen molar-refractivity contribution < 1.29 is 33.3 Å². The second-order valence-electron chi connectivity index (χ2n) is 8.50. The summed E-state index contributed by atoms with van der Waals surface area (Å²) in [6.07, 6.45) is 1.80. The molecule has 3 aromatic carbocycles. The quantitative estimate of drug-likeness (QED) is 0.360. The highest BCUT2D eigenvalue weighted by Crippen LogP contribution is 2.41. The van der Waals surface area contributed by atoms with Crippen molar-refractivity contribution in [1.82, 2.24) is 0 Å². The van der Waals surface area contributed by atoms with E-state index in [9.17, 15) is 14.4 Å². The molecule has 0 radical (unpaired) electrons. The zero-order valence-corrected chi connectivity index (χ0v) is 22.2. The van der Waals surface area contributed by atoms with Crippen LogP contribution in [0.15, 0.2) is 78.5 Å². The first-order chi connectivity index (χ1) is 18.9. The number of carbonyl (C=O) groups is 3. The van der Waals surface area contributed by atoms with Crippen molar-refractivity contribution >= 4 is 29.2 Å². The molecule has 0 spiro atoms. The second-order valence-corrected chi connectivity index (χ2v) is 8.50. The molecular formula is C30H30N2O7. The van der Waals surface area contributed by atoms with Crippen LogP contribution >= 0.6 is 0 Å². The molecule has 0 unspecified atom stereocenters. The molecule has 39 heavy (non-hydrogen) atoms. The maximum absolute atomic E-state index is 13.8. The van der Waals surface area contributed by atoms with E-state index < -0.39 is 18.0 Å². The number of esters is 2. The predicted molar refractivity (Wildman–Crippen MR) is 146 cm³/mol. The number of anilines is 2. The first-order valence-corrected chi connectivity index (χ1v) is 12.5. The van der Waals surface area contributed by atoms with Crippen LogP contribution in [-0.2, 0) is 14.3 Å². The molecule has 0 bridgehead atoms. The summed E-state index contributed by atoms with van der Waals surface area (Å²) in [6.45, 7) is 4.04. The Labute approximate surface area is 226 Å². The van der Waals surface area contributed by atoms with Crippen molar-refractivity contribution in [3.05, 3.63) is 95.2 Å². The topological polar surface area (TPSA) is 103 Å². The zero-order chi connectivity index (χ0) is 27.9. The number of hydrogen-bond donors (Lipinski definition) is 1. The number of carbonyl (C=O) groups excluding carboxylic acids is 3. The predicted octanol–water partition coefficient (Wildman–Crippen LogP) is 5.14. The Morgan fingerprint density at radius 3 is 1.95 bits per heavy atom. The Bertz CT molecular complexity index is 1380. The van der Waals surface area contributed by atoms with Crippen molar-refractivity contribution in [2.75, 3.05) is 37.7 Å². The van der Waals surface area contributed by atoms with Crippen molar-refractivity contribution in [3.8, 4) is 11.5 Å². The van der Waals surface area contributed by atoms with Gasteiger partial charge in [0.05, 0.1) is 44.6 Å². The van der Waals surface area contributed by atoms with E-state index in [4.69, 9.17) is 18.9 Å². The molecule has 1 amide bonds. The molecule has 0 saturated heterocycles. The summed E-state index contributed by atoms with van der Waals surface area (Å²) in [4.78, 5) is 39.6. The van der Waals surface area contributed by atoms with Gasteiger partial charge in [-0.05, 0) is 86.7 Å². The van der Waals surface area contributed by atoms with Crippen LogP contribution in [0.25, 0.3) is 0 Å². The number of rotatable bonds is 10. The first-order valence-electron chi connectivity index (χ1n) is 12.5. The van der Waals surface area contributed by atoms with Crippen LogP contribution < -0.4 is 19.7 Å². The third kappa shape index (κ3) is 5.87. The average Bonchev–Trinajstić information content (AvgIpc) is 3.28. The van der Waals surface area contributed by atoms with Crippen molar-refractivity contribution in [3.63, 3.8) is 0 Å². The lowest BCUT2D eigenvalue weighted by molar-refractivity contribution is -0.114. The van der Waals surface area contributed by atoms with E-state index in [2.05, 4.69) is 5.32 Å². The number of nitrogens with zero attached hydrogens (tertiary/aromatic N) is 1. The van der Waals surface area contributed by atoms with Crippen LogP contribution in [0, 0.1) is 0 Å². The molecule has 1 atom stereocenters. The maximum atomic E-state index is 13.8. The van der Waals surface area contributed by atoms with Gasteiger partial charge < -0.3 is 24.3 Å². The molecule has 0 aliphatic carbocycles. The van der Waals surface area contributed by atoms with E-state index in [1.54, 1.807) is 99.7 Å². The summed E-state index contributed by atoms with van der Waals surface area (Å²) in [5.41, 5.74) is 3.05. The number of benzene rings is 3. The number of ether oxygens (including phenoxy) is 4. The van der Waals surface area contributed by atoms with E-state index in [1.165, 1.54) is 0 Å². The van der Waals surface area contributed by atoms with Crippen LogP contribution in [-0.4, -0.2) is 45.3 Å². The van der Waals surface area contributed by atoms with Gasteiger partial charge in [-0.1, -0.05) is 0 Å². The third-order valence-electron chi connectivity index (χ3n) is 6.14. The highest BCUT2D eigenvalue weighted by Gasteiger charge is 2.36. The molecule has 3 aromatic rings. The largest absolute Gasteiger partial charge is 0.497 e. The zero-order valence-electron chi connectivity index (χ0n) is 22.2. The number of hydrogen-bond acceptors (Lipinski definition) is 8. The lowest BCUT2D eigenvalue weighted by Crippen LogP contribution is -2.31. The van der Waals surface area contributed by atoms with Crippen LogP contribution in [0.4, 0.5) is 11.4 Å². The first kappa shape index (κ1) is 27.3. The molecule has 9 heteroatoms. The van der Waals surface area contributed by atoms with Crippen molar-refractivity contribution in [2.45, 2.75) is 19.9 Å². The Kier molecular flexibility index (Phi) is 8.50. The Morgan fingerprint density at radius 1 is 0.821 bits per heavy atom. The summed E-state index contributed by atoms with van der Waals surface area (Å²) in [5, 5.41) is 3.17. The van der Waals surface area contributed by atoms with Gasteiger partial charge in [0, 0.05) is 16.9 Å². The lowest BCUT2D eigenvalue weighted by atomic mass is 10.0. The SMILES string of the molecule is CCOC(=O)c1ccc(NC2=C[C@@H](c3cc(OC)ccc3OC)N(c3ccc(C(=O)OCC)cc3)C2=O)cc1. The van der Waals surface area contributed by atoms with Crippen molar-refractivity contribution in [2.24, 2.45) is 0 Å². The van der Waals surface area contributed by atoms with Gasteiger partial charge in [-0.3, -0.25) is 9.69 Å². The van der Waals surface area contributed by atoms with Gasteiger partial charge in [-0.15, -0.1) is 0 Å². The summed E-state index contributed by atoms with van der Waals surface area (Å²) >= 11 is 0. The summed E-state index contributed by atoms with van der Waals surface area (Å²) < 4.78 is 21.2. The number of amides is 1. The second kappa shape index (κ2) is 12.2. The monoisotopic (exact) mass is 530 g/mol. The van der Waals surface area contributed by atoms with E-state index >= 15 is 0 Å². The van der Waals surface area contributed by atoms with Crippen LogP contribution in [0.5, 0.6) is 11.5 Å². The fourth-order valence-corrected chi connectivity index (χ4v) is 4.26. The molecule has 9 nitrogen and oxygen atoms in total. The average molecular weight is 531 g/mol. The molecule has 1 aliphatic heterocycles. The fraction of sp³-hybridized carbons (Fsp3) is 0.233. The molecule has 4 rings (SSSR count). The van der Waals surface area contributed by atoms with E-state index in [0.717, 1.165) is 0 Å². The molecule has 0 fully saturated rings. The van der Waals surface area contributed by atoms with E-state index in [-0.39, 0.29) is 19.1 Å². The molecular weight excluding hydrogens is 500 g/mol. The number of methoxy groups -OCH3 is 2. The summed E-state index contributed by atoms with van der Waals surface area (Å²) in [7, 11) is 3.13. The summed E-state index contributed by atoms with van der Waals surface area (Å²) in [6, 6.07) is 18.2. The van der Waals surface area contributed by atoms with Gasteiger partial charge in [-0.25, -0.2) is 9.59 Å². The van der Waals surface area contributed by atoms with E-state index in [0.29, 0.717) is 45.3 Å². The standard InChI is InChI=1S/C30H30N2O7/c1-5-38-29(34)19-7-11-21(12-8-19)31-25-18-26(24-17-23(36-3)15-16-27(24)37-4)32(28(25)33)22-13-9-20(10-14-22)30(35)39-6-2/h7-18,26,31H,5-6H2,1-4H3/t26-/m0/s1. The van der Waals surface area contributed by atoms with Crippen molar-refractivity contribution in [1.29, 1.82) is 0 Å². The minimum Gasteiger partial charge on any atom is -0.497 e.